The van der Waals surface area contributed by atoms with Gasteiger partial charge in [0.05, 0.1) is 20.3 Å². The van der Waals surface area contributed by atoms with Crippen molar-refractivity contribution in [1.29, 1.82) is 0 Å². The van der Waals surface area contributed by atoms with E-state index in [1.54, 1.807) is 0 Å². The molecule has 2 radical (unpaired) electrons. The predicted octanol–water partition coefficient (Wildman–Crippen LogP) is 5.82. The summed E-state index contributed by atoms with van der Waals surface area (Å²) in [5.74, 6) is 2.09. The van der Waals surface area contributed by atoms with Crippen LogP contribution >= 0.6 is 0 Å². The number of aromatic nitrogens is 1. The molecule has 0 atom stereocenters. The fraction of sp³-hybridized carbons (Fsp3) is 0.500. The first-order chi connectivity index (χ1) is 16.7. The Hall–Kier alpha value is -2.44. The minimum Gasteiger partial charge on any atom is -0.490 e. The van der Waals surface area contributed by atoms with Gasteiger partial charge in [0.2, 0.25) is 0 Å². The van der Waals surface area contributed by atoms with Crippen LogP contribution in [0.5, 0.6) is 11.5 Å². The standard InChI is InChI=1S/C28H36BNO4/c1-3-4-17-32-25-12-8-9-13-26(25)33-18-16-30-24-19-21(20-34-31-2)14-15-23(24)27(28(30)29)22-10-6-5-7-11-22/h8-9,12-15,19,22H,3-7,10-11,16-18,20H2,1-2H3. The fourth-order valence-corrected chi connectivity index (χ4v) is 4.98. The van der Waals surface area contributed by atoms with Gasteiger partial charge in [-0.3, -0.25) is 0 Å². The van der Waals surface area contributed by atoms with Gasteiger partial charge in [-0.25, -0.2) is 9.78 Å². The normalized spacial score (nSPS) is 14.5. The largest absolute Gasteiger partial charge is 0.490 e. The second kappa shape index (κ2) is 12.3. The summed E-state index contributed by atoms with van der Waals surface area (Å²) in [7, 11) is 8.34. The number of benzene rings is 2. The first kappa shape index (κ1) is 24.7. The van der Waals surface area contributed by atoms with E-state index in [9.17, 15) is 0 Å². The highest BCUT2D eigenvalue weighted by Gasteiger charge is 2.23. The van der Waals surface area contributed by atoms with Crippen molar-refractivity contribution in [1.82, 2.24) is 4.57 Å². The van der Waals surface area contributed by atoms with Gasteiger partial charge >= 0.3 is 0 Å². The van der Waals surface area contributed by atoms with Crippen molar-refractivity contribution in [2.24, 2.45) is 0 Å². The molecule has 0 N–H and O–H groups in total. The Bertz CT molecular complexity index is 1060. The van der Waals surface area contributed by atoms with E-state index in [0.29, 0.717) is 32.3 Å². The van der Waals surface area contributed by atoms with Gasteiger partial charge in [0.25, 0.3) is 0 Å². The van der Waals surface area contributed by atoms with E-state index in [1.165, 1.54) is 50.2 Å². The third-order valence-corrected chi connectivity index (χ3v) is 6.74. The molecule has 1 heterocycles. The van der Waals surface area contributed by atoms with Crippen LogP contribution in [-0.4, -0.2) is 32.7 Å². The maximum atomic E-state index is 6.81. The molecular weight excluding hydrogens is 425 g/mol. The Morgan fingerprint density at radius 3 is 2.41 bits per heavy atom. The maximum absolute atomic E-state index is 6.81. The fourth-order valence-electron chi connectivity index (χ4n) is 4.98. The van der Waals surface area contributed by atoms with E-state index in [-0.39, 0.29) is 0 Å². The van der Waals surface area contributed by atoms with Crippen molar-refractivity contribution in [3.63, 3.8) is 0 Å². The van der Waals surface area contributed by atoms with Crippen LogP contribution in [0.2, 0.25) is 0 Å². The number of unbranched alkanes of at least 4 members (excludes halogenated alkanes) is 1. The zero-order chi connectivity index (χ0) is 23.8. The molecule has 1 saturated carbocycles. The lowest BCUT2D eigenvalue weighted by Gasteiger charge is -2.23. The Morgan fingerprint density at radius 1 is 0.971 bits per heavy atom. The van der Waals surface area contributed by atoms with Crippen LogP contribution in [0.1, 0.15) is 68.9 Å². The number of para-hydroxylation sites is 2. The molecular formula is C28H36BNO4. The molecule has 6 heteroatoms. The summed E-state index contributed by atoms with van der Waals surface area (Å²) in [6, 6.07) is 14.4. The number of hydrogen-bond acceptors (Lipinski definition) is 4. The van der Waals surface area contributed by atoms with Crippen molar-refractivity contribution >= 4 is 24.3 Å². The molecule has 0 bridgehead atoms. The molecule has 0 saturated heterocycles. The number of ether oxygens (including phenoxy) is 2. The summed E-state index contributed by atoms with van der Waals surface area (Å²) in [5.41, 5.74) is 4.35. The van der Waals surface area contributed by atoms with Crippen LogP contribution in [0.25, 0.3) is 10.9 Å². The first-order valence-electron chi connectivity index (χ1n) is 12.6. The van der Waals surface area contributed by atoms with Crippen LogP contribution in [-0.2, 0) is 22.9 Å². The van der Waals surface area contributed by atoms with Gasteiger partial charge in [0, 0.05) is 10.9 Å². The maximum Gasteiger partial charge on any atom is 0.161 e. The Morgan fingerprint density at radius 2 is 1.71 bits per heavy atom. The van der Waals surface area contributed by atoms with Gasteiger partial charge in [0.1, 0.15) is 21.1 Å². The number of fused-ring (bicyclic) bond motifs is 1. The summed E-state index contributed by atoms with van der Waals surface area (Å²) >= 11 is 0. The zero-order valence-electron chi connectivity index (χ0n) is 20.6. The van der Waals surface area contributed by atoms with Crippen molar-refractivity contribution < 1.29 is 19.2 Å². The SMILES string of the molecule is [B]c1c(C2CCCCC2)c2ccc(COOC)cc2n1CCOc1ccccc1OCCCC. The molecule has 1 aromatic heterocycles. The Balaban J connectivity index is 1.57. The molecule has 1 aliphatic rings. The summed E-state index contributed by atoms with van der Waals surface area (Å²) in [6.07, 6.45) is 8.40. The lowest BCUT2D eigenvalue weighted by atomic mass is 9.79. The van der Waals surface area contributed by atoms with Crippen LogP contribution < -0.4 is 15.1 Å². The zero-order valence-corrected chi connectivity index (χ0v) is 20.6. The monoisotopic (exact) mass is 461 g/mol. The van der Waals surface area contributed by atoms with Crippen molar-refractivity contribution in [2.45, 2.75) is 70.9 Å². The van der Waals surface area contributed by atoms with Crippen LogP contribution in [0.3, 0.4) is 0 Å². The average Bonchev–Trinajstić information content (AvgIpc) is 3.15. The number of rotatable bonds is 12. The third kappa shape index (κ3) is 5.79. The van der Waals surface area contributed by atoms with Gasteiger partial charge in [-0.2, -0.15) is 0 Å². The molecule has 180 valence electrons. The minimum atomic E-state index is 0.398. The summed E-state index contributed by atoms with van der Waals surface area (Å²) in [5, 5.41) is 1.24. The molecule has 1 aliphatic carbocycles. The van der Waals surface area contributed by atoms with Gasteiger partial charge in [-0.1, -0.05) is 56.9 Å². The highest BCUT2D eigenvalue weighted by molar-refractivity contribution is 6.34. The average molecular weight is 461 g/mol. The van der Waals surface area contributed by atoms with E-state index in [1.807, 2.05) is 24.3 Å². The van der Waals surface area contributed by atoms with E-state index in [0.717, 1.165) is 41.0 Å². The van der Waals surface area contributed by atoms with Crippen molar-refractivity contribution in [3.05, 3.63) is 53.6 Å². The quantitative estimate of drug-likeness (QED) is 0.148. The second-order valence-electron chi connectivity index (χ2n) is 9.06. The molecule has 0 spiro atoms. The van der Waals surface area contributed by atoms with Crippen molar-refractivity contribution in [3.8, 4) is 11.5 Å². The molecule has 1 fully saturated rings. The minimum absolute atomic E-state index is 0.398. The van der Waals surface area contributed by atoms with E-state index in [2.05, 4.69) is 29.7 Å². The first-order valence-corrected chi connectivity index (χ1v) is 12.6. The van der Waals surface area contributed by atoms with E-state index >= 15 is 0 Å². The molecule has 34 heavy (non-hydrogen) atoms. The third-order valence-electron chi connectivity index (χ3n) is 6.74. The van der Waals surface area contributed by atoms with E-state index < -0.39 is 0 Å². The summed E-state index contributed by atoms with van der Waals surface area (Å²) in [4.78, 5) is 9.98. The van der Waals surface area contributed by atoms with Crippen molar-refractivity contribution in [2.75, 3.05) is 20.3 Å². The highest BCUT2D eigenvalue weighted by atomic mass is 17.2. The summed E-state index contributed by atoms with van der Waals surface area (Å²) < 4.78 is 14.3. The highest BCUT2D eigenvalue weighted by Crippen LogP contribution is 2.36. The lowest BCUT2D eigenvalue weighted by Crippen LogP contribution is -2.25. The molecule has 4 rings (SSSR count). The molecule has 2 aromatic carbocycles. The number of nitrogens with zero attached hydrogens (tertiary/aromatic N) is 1. The molecule has 0 aliphatic heterocycles. The van der Waals surface area contributed by atoms with Gasteiger partial charge in [-0.05, 0) is 60.1 Å². The number of hydrogen-bond donors (Lipinski definition) is 0. The van der Waals surface area contributed by atoms with Gasteiger partial charge < -0.3 is 14.0 Å². The lowest BCUT2D eigenvalue weighted by molar-refractivity contribution is -0.282. The molecule has 5 nitrogen and oxygen atoms in total. The molecule has 0 amide bonds. The van der Waals surface area contributed by atoms with Crippen LogP contribution in [0.15, 0.2) is 42.5 Å². The molecule has 0 unspecified atom stereocenters. The Kier molecular flexibility index (Phi) is 8.94. The second-order valence-corrected chi connectivity index (χ2v) is 9.06. The van der Waals surface area contributed by atoms with Crippen LogP contribution in [0.4, 0.5) is 0 Å². The smallest absolute Gasteiger partial charge is 0.161 e. The van der Waals surface area contributed by atoms with Gasteiger partial charge in [-0.15, -0.1) is 0 Å². The van der Waals surface area contributed by atoms with Crippen LogP contribution in [0, 0.1) is 0 Å². The molecule has 3 aromatic rings. The predicted molar refractivity (Wildman–Crippen MR) is 137 cm³/mol. The van der Waals surface area contributed by atoms with E-state index in [4.69, 9.17) is 27.1 Å². The topological polar surface area (TPSA) is 41.9 Å². The van der Waals surface area contributed by atoms with Gasteiger partial charge in [0.15, 0.2) is 11.5 Å². The Labute approximate surface area is 204 Å². The summed E-state index contributed by atoms with van der Waals surface area (Å²) in [6.45, 7) is 4.42.